The van der Waals surface area contributed by atoms with E-state index in [0.717, 1.165) is 0 Å². The molecule has 0 heterocycles. The van der Waals surface area contributed by atoms with Crippen LogP contribution in [0.3, 0.4) is 0 Å². The third-order valence-corrected chi connectivity index (χ3v) is 3.66. The lowest BCUT2D eigenvalue weighted by Gasteiger charge is -2.10. The van der Waals surface area contributed by atoms with Gasteiger partial charge in [0.1, 0.15) is 0 Å². The normalized spacial score (nSPS) is 11.1. The van der Waals surface area contributed by atoms with Gasteiger partial charge in [-0.05, 0) is 38.1 Å². The topological polar surface area (TPSA) is 70.0 Å². The molecule has 1 aromatic rings. The summed E-state index contributed by atoms with van der Waals surface area (Å²) in [7, 11) is -3.30. The van der Waals surface area contributed by atoms with E-state index >= 15 is 0 Å². The van der Waals surface area contributed by atoms with Crippen molar-refractivity contribution in [3.63, 3.8) is 0 Å². The second kappa shape index (κ2) is 4.32. The van der Waals surface area contributed by atoms with Gasteiger partial charge in [-0.15, -0.1) is 0 Å². The number of nitriles is 1. The summed E-state index contributed by atoms with van der Waals surface area (Å²) in [5, 5.41) is 8.08. The molecule has 0 saturated carbocycles. The van der Waals surface area contributed by atoms with Crippen LogP contribution in [0, 0.1) is 11.3 Å². The summed E-state index contributed by atoms with van der Waals surface area (Å²) >= 11 is 0. The molecule has 1 aromatic carbocycles. The zero-order valence-corrected chi connectivity index (χ0v) is 9.38. The van der Waals surface area contributed by atoms with Crippen LogP contribution in [0.1, 0.15) is 19.4 Å². The van der Waals surface area contributed by atoms with Gasteiger partial charge in [0.05, 0.1) is 16.9 Å². The summed E-state index contributed by atoms with van der Waals surface area (Å²) in [4.78, 5) is 0. The maximum atomic E-state index is 11.5. The van der Waals surface area contributed by atoms with E-state index in [1.165, 1.54) is 0 Å². The average Bonchev–Trinajstić information content (AvgIpc) is 2.18. The Morgan fingerprint density at radius 1 is 1.27 bits per heavy atom. The molecule has 0 radical (unpaired) electrons. The third-order valence-electron chi connectivity index (χ3n) is 1.89. The molecular formula is C10H12N2O2S. The van der Waals surface area contributed by atoms with E-state index < -0.39 is 15.3 Å². The quantitative estimate of drug-likeness (QED) is 0.849. The van der Waals surface area contributed by atoms with Crippen LogP contribution < -0.4 is 4.72 Å². The predicted molar refractivity (Wildman–Crippen MR) is 58.8 cm³/mol. The SMILES string of the molecule is CC(C)S(=O)(=O)Nc1ccc(C#N)cc1. The van der Waals surface area contributed by atoms with E-state index in [-0.39, 0.29) is 0 Å². The summed E-state index contributed by atoms with van der Waals surface area (Å²) in [5.41, 5.74) is 0.977. The Bertz CT molecular complexity index is 469. The number of sulfonamides is 1. The Hall–Kier alpha value is -1.54. The van der Waals surface area contributed by atoms with E-state index in [4.69, 9.17) is 5.26 Å². The fourth-order valence-electron chi connectivity index (χ4n) is 0.895. The second-order valence-electron chi connectivity index (χ2n) is 3.38. The molecule has 0 aliphatic carbocycles. The Labute approximate surface area is 89.6 Å². The molecule has 0 amide bonds. The van der Waals surface area contributed by atoms with Gasteiger partial charge in [0.15, 0.2) is 0 Å². The van der Waals surface area contributed by atoms with Gasteiger partial charge >= 0.3 is 0 Å². The maximum absolute atomic E-state index is 11.5. The Kier molecular flexibility index (Phi) is 3.32. The van der Waals surface area contributed by atoms with E-state index in [9.17, 15) is 8.42 Å². The summed E-state index contributed by atoms with van der Waals surface area (Å²) in [6.07, 6.45) is 0. The Morgan fingerprint density at radius 3 is 2.20 bits per heavy atom. The van der Waals surface area contributed by atoms with Crippen LogP contribution in [0.4, 0.5) is 5.69 Å². The molecule has 80 valence electrons. The summed E-state index contributed by atoms with van der Waals surface area (Å²) in [5.74, 6) is 0. The van der Waals surface area contributed by atoms with Gasteiger partial charge < -0.3 is 0 Å². The van der Waals surface area contributed by atoms with Gasteiger partial charge in [-0.2, -0.15) is 5.26 Å². The Morgan fingerprint density at radius 2 is 1.80 bits per heavy atom. The average molecular weight is 224 g/mol. The first-order valence-electron chi connectivity index (χ1n) is 4.47. The van der Waals surface area contributed by atoms with Gasteiger partial charge in [-0.25, -0.2) is 8.42 Å². The van der Waals surface area contributed by atoms with Crippen LogP contribution in [0.15, 0.2) is 24.3 Å². The number of nitrogens with zero attached hydrogens (tertiary/aromatic N) is 1. The van der Waals surface area contributed by atoms with Crippen LogP contribution in [-0.4, -0.2) is 13.7 Å². The number of hydrogen-bond acceptors (Lipinski definition) is 3. The van der Waals surface area contributed by atoms with E-state index in [2.05, 4.69) is 4.72 Å². The van der Waals surface area contributed by atoms with Crippen LogP contribution in [-0.2, 0) is 10.0 Å². The summed E-state index contributed by atoms with van der Waals surface area (Å²) < 4.78 is 25.4. The minimum Gasteiger partial charge on any atom is -0.283 e. The molecule has 1 N–H and O–H groups in total. The van der Waals surface area contributed by atoms with E-state index in [1.807, 2.05) is 6.07 Å². The van der Waals surface area contributed by atoms with Gasteiger partial charge in [-0.3, -0.25) is 4.72 Å². The van der Waals surface area contributed by atoms with Crippen molar-refractivity contribution >= 4 is 15.7 Å². The van der Waals surface area contributed by atoms with Crippen molar-refractivity contribution in [2.24, 2.45) is 0 Å². The van der Waals surface area contributed by atoms with Gasteiger partial charge in [0.2, 0.25) is 10.0 Å². The van der Waals surface area contributed by atoms with Gasteiger partial charge in [0, 0.05) is 5.69 Å². The molecule has 0 aliphatic rings. The van der Waals surface area contributed by atoms with Gasteiger partial charge in [0.25, 0.3) is 0 Å². The van der Waals surface area contributed by atoms with Crippen molar-refractivity contribution in [3.05, 3.63) is 29.8 Å². The first-order valence-corrected chi connectivity index (χ1v) is 6.02. The summed E-state index contributed by atoms with van der Waals surface area (Å²) in [6.45, 7) is 3.21. The third kappa shape index (κ3) is 2.96. The number of anilines is 1. The van der Waals surface area contributed by atoms with E-state index in [1.54, 1.807) is 38.1 Å². The number of benzene rings is 1. The first kappa shape index (κ1) is 11.5. The molecule has 0 saturated heterocycles. The lowest BCUT2D eigenvalue weighted by Crippen LogP contribution is -2.22. The Balaban J connectivity index is 2.88. The van der Waals surface area contributed by atoms with Crippen LogP contribution in [0.25, 0.3) is 0 Å². The largest absolute Gasteiger partial charge is 0.283 e. The highest BCUT2D eigenvalue weighted by molar-refractivity contribution is 7.93. The van der Waals surface area contributed by atoms with Crippen molar-refractivity contribution in [3.8, 4) is 6.07 Å². The van der Waals surface area contributed by atoms with Crippen LogP contribution in [0.2, 0.25) is 0 Å². The molecule has 0 bridgehead atoms. The molecule has 0 aromatic heterocycles. The monoisotopic (exact) mass is 224 g/mol. The zero-order valence-electron chi connectivity index (χ0n) is 8.56. The predicted octanol–water partition coefficient (Wildman–Crippen LogP) is 1.71. The van der Waals surface area contributed by atoms with Crippen molar-refractivity contribution in [1.82, 2.24) is 0 Å². The molecule has 0 unspecified atom stereocenters. The van der Waals surface area contributed by atoms with E-state index in [0.29, 0.717) is 11.3 Å². The molecule has 5 heteroatoms. The number of rotatable bonds is 3. The van der Waals surface area contributed by atoms with Gasteiger partial charge in [-0.1, -0.05) is 0 Å². The molecule has 0 atom stereocenters. The second-order valence-corrected chi connectivity index (χ2v) is 5.62. The van der Waals surface area contributed by atoms with Crippen molar-refractivity contribution < 1.29 is 8.42 Å². The number of hydrogen-bond donors (Lipinski definition) is 1. The standard InChI is InChI=1S/C10H12N2O2S/c1-8(2)15(13,14)12-10-5-3-9(7-11)4-6-10/h3-6,8,12H,1-2H3. The number of nitrogens with one attached hydrogen (secondary N) is 1. The molecule has 4 nitrogen and oxygen atoms in total. The van der Waals surface area contributed by atoms with Crippen molar-refractivity contribution in [2.75, 3.05) is 4.72 Å². The van der Waals surface area contributed by atoms with Crippen LogP contribution >= 0.6 is 0 Å². The molecule has 1 rings (SSSR count). The highest BCUT2D eigenvalue weighted by Gasteiger charge is 2.14. The van der Waals surface area contributed by atoms with Crippen molar-refractivity contribution in [2.45, 2.75) is 19.1 Å². The lowest BCUT2D eigenvalue weighted by molar-refractivity contribution is 0.593. The highest BCUT2D eigenvalue weighted by atomic mass is 32.2. The maximum Gasteiger partial charge on any atom is 0.235 e. The van der Waals surface area contributed by atoms with Crippen LogP contribution in [0.5, 0.6) is 0 Å². The minimum atomic E-state index is -3.30. The fourth-order valence-corrected chi connectivity index (χ4v) is 1.60. The molecule has 0 fully saturated rings. The lowest BCUT2D eigenvalue weighted by atomic mass is 10.2. The first-order chi connectivity index (χ1) is 6.95. The highest BCUT2D eigenvalue weighted by Crippen LogP contribution is 2.12. The zero-order chi connectivity index (χ0) is 11.5. The fraction of sp³-hybridized carbons (Fsp3) is 0.300. The molecular weight excluding hydrogens is 212 g/mol. The smallest absolute Gasteiger partial charge is 0.235 e. The molecule has 15 heavy (non-hydrogen) atoms. The van der Waals surface area contributed by atoms with Crippen molar-refractivity contribution in [1.29, 1.82) is 5.26 Å². The summed E-state index contributed by atoms with van der Waals surface area (Å²) in [6, 6.07) is 8.23. The molecule has 0 spiro atoms. The molecule has 0 aliphatic heterocycles. The minimum absolute atomic E-state index is 0.475.